The van der Waals surface area contributed by atoms with Crippen molar-refractivity contribution in [3.8, 4) is 0 Å². The van der Waals surface area contributed by atoms with E-state index in [1.807, 2.05) is 6.92 Å². The van der Waals surface area contributed by atoms with Crippen molar-refractivity contribution in [2.24, 2.45) is 5.92 Å². The van der Waals surface area contributed by atoms with E-state index in [0.717, 1.165) is 24.7 Å². The van der Waals surface area contributed by atoms with E-state index in [9.17, 15) is 4.79 Å². The number of carbonyl (C=O) groups is 1. The molecule has 1 atom stereocenters. The summed E-state index contributed by atoms with van der Waals surface area (Å²) < 4.78 is -0.00436. The van der Waals surface area contributed by atoms with E-state index >= 15 is 0 Å². The molecule has 0 N–H and O–H groups in total. The number of halogens is 1. The first-order valence-corrected chi connectivity index (χ1v) is 4.99. The molecular formula is C10H17BrO. The molecule has 1 unspecified atom stereocenters. The highest BCUT2D eigenvalue weighted by Gasteiger charge is 2.17. The maximum atomic E-state index is 10.3. The second kappa shape index (κ2) is 4.80. The predicted octanol–water partition coefficient (Wildman–Crippen LogP) is 3.33. The summed E-state index contributed by atoms with van der Waals surface area (Å²) in [5.41, 5.74) is 1.15. The maximum Gasteiger partial charge on any atom is 0.122 e. The Morgan fingerprint density at radius 3 is 2.50 bits per heavy atom. The first-order valence-electron chi connectivity index (χ1n) is 4.20. The van der Waals surface area contributed by atoms with E-state index < -0.39 is 0 Å². The molecular weight excluding hydrogens is 216 g/mol. The first kappa shape index (κ1) is 11.9. The molecule has 0 aliphatic carbocycles. The van der Waals surface area contributed by atoms with Crippen molar-refractivity contribution in [1.29, 1.82) is 0 Å². The van der Waals surface area contributed by atoms with Crippen molar-refractivity contribution in [2.45, 2.75) is 37.9 Å². The molecule has 0 spiro atoms. The molecule has 0 fully saturated rings. The lowest BCUT2D eigenvalue weighted by Gasteiger charge is -2.20. The minimum atomic E-state index is -0.00436. The molecule has 2 heteroatoms. The van der Waals surface area contributed by atoms with Gasteiger partial charge in [0.1, 0.15) is 6.29 Å². The van der Waals surface area contributed by atoms with Crippen molar-refractivity contribution >= 4 is 22.2 Å². The molecule has 0 saturated heterocycles. The number of hydrogen-bond donors (Lipinski definition) is 0. The van der Waals surface area contributed by atoms with Gasteiger partial charge in [-0.2, -0.15) is 0 Å². The van der Waals surface area contributed by atoms with E-state index in [0.29, 0.717) is 0 Å². The monoisotopic (exact) mass is 232 g/mol. The fourth-order valence-corrected chi connectivity index (χ4v) is 0.965. The molecule has 0 bridgehead atoms. The minimum Gasteiger partial charge on any atom is -0.303 e. The lowest BCUT2D eigenvalue weighted by atomic mass is 9.96. The van der Waals surface area contributed by atoms with Crippen LogP contribution in [0, 0.1) is 5.92 Å². The molecule has 1 nitrogen and oxygen atoms in total. The number of alkyl halides is 1. The Morgan fingerprint density at radius 1 is 1.67 bits per heavy atom. The molecule has 12 heavy (non-hydrogen) atoms. The van der Waals surface area contributed by atoms with Crippen LogP contribution in [-0.2, 0) is 4.79 Å². The third kappa shape index (κ3) is 4.70. The van der Waals surface area contributed by atoms with Crippen molar-refractivity contribution in [3.63, 3.8) is 0 Å². The van der Waals surface area contributed by atoms with Gasteiger partial charge in [0.2, 0.25) is 0 Å². The summed E-state index contributed by atoms with van der Waals surface area (Å²) in [5.74, 6) is 0.150. The summed E-state index contributed by atoms with van der Waals surface area (Å²) in [6, 6.07) is 0. The molecule has 0 rings (SSSR count). The lowest BCUT2D eigenvalue weighted by molar-refractivity contribution is -0.110. The van der Waals surface area contributed by atoms with Gasteiger partial charge in [0.25, 0.3) is 0 Å². The minimum absolute atomic E-state index is 0.00436. The molecule has 0 radical (unpaired) electrons. The second-order valence-corrected chi connectivity index (χ2v) is 5.71. The first-order chi connectivity index (χ1) is 5.38. The molecule has 0 aliphatic heterocycles. The standard InChI is InChI=1S/C10H17BrO/c1-8(7-12)5-6-9(2)10(3,4)11/h7-8H,2,5-6H2,1,3-4H3. The van der Waals surface area contributed by atoms with Crippen LogP contribution in [0.5, 0.6) is 0 Å². The van der Waals surface area contributed by atoms with E-state index in [-0.39, 0.29) is 10.2 Å². The van der Waals surface area contributed by atoms with Crippen LogP contribution in [0.25, 0.3) is 0 Å². The topological polar surface area (TPSA) is 17.1 Å². The Kier molecular flexibility index (Phi) is 4.76. The van der Waals surface area contributed by atoms with E-state index in [2.05, 4.69) is 36.4 Å². The summed E-state index contributed by atoms with van der Waals surface area (Å²) in [6.45, 7) is 10.0. The third-order valence-electron chi connectivity index (χ3n) is 1.97. The zero-order valence-corrected chi connectivity index (χ0v) is 9.65. The van der Waals surface area contributed by atoms with Crippen molar-refractivity contribution in [2.75, 3.05) is 0 Å². The van der Waals surface area contributed by atoms with E-state index in [1.165, 1.54) is 0 Å². The van der Waals surface area contributed by atoms with E-state index in [4.69, 9.17) is 0 Å². The van der Waals surface area contributed by atoms with Gasteiger partial charge in [0.05, 0.1) is 0 Å². The van der Waals surface area contributed by atoms with Gasteiger partial charge in [0, 0.05) is 10.2 Å². The number of aldehydes is 1. The van der Waals surface area contributed by atoms with Gasteiger partial charge < -0.3 is 4.79 Å². The van der Waals surface area contributed by atoms with Crippen LogP contribution in [0.4, 0.5) is 0 Å². The molecule has 0 aliphatic rings. The zero-order valence-electron chi connectivity index (χ0n) is 8.06. The SMILES string of the molecule is C=C(CCC(C)C=O)C(C)(C)Br. The number of carbonyl (C=O) groups excluding carboxylic acids is 1. The van der Waals surface area contributed by atoms with Gasteiger partial charge in [-0.1, -0.05) is 35.0 Å². The third-order valence-corrected chi connectivity index (χ3v) is 2.54. The van der Waals surface area contributed by atoms with Crippen LogP contribution in [0.2, 0.25) is 0 Å². The summed E-state index contributed by atoms with van der Waals surface area (Å²) in [6.07, 6.45) is 2.81. The highest BCUT2D eigenvalue weighted by molar-refractivity contribution is 9.10. The van der Waals surface area contributed by atoms with E-state index in [1.54, 1.807) is 0 Å². The smallest absolute Gasteiger partial charge is 0.122 e. The molecule has 0 heterocycles. The number of rotatable bonds is 5. The van der Waals surface area contributed by atoms with Gasteiger partial charge in [0.15, 0.2) is 0 Å². The fraction of sp³-hybridized carbons (Fsp3) is 0.700. The van der Waals surface area contributed by atoms with Crippen molar-refractivity contribution in [1.82, 2.24) is 0 Å². The molecule has 0 saturated carbocycles. The molecule has 70 valence electrons. The maximum absolute atomic E-state index is 10.3. The van der Waals surface area contributed by atoms with Crippen LogP contribution in [0.1, 0.15) is 33.6 Å². The summed E-state index contributed by atoms with van der Waals surface area (Å²) in [4.78, 5) is 10.3. The largest absolute Gasteiger partial charge is 0.303 e. The zero-order chi connectivity index (χ0) is 9.78. The van der Waals surface area contributed by atoms with Crippen molar-refractivity contribution < 1.29 is 4.79 Å². The summed E-state index contributed by atoms with van der Waals surface area (Å²) in [7, 11) is 0. The normalized spacial score (nSPS) is 14.0. The Bertz CT molecular complexity index is 167. The molecule has 0 aromatic carbocycles. The number of allylic oxidation sites excluding steroid dienone is 1. The Hall–Kier alpha value is -0.110. The summed E-state index contributed by atoms with van der Waals surface area (Å²) in [5, 5.41) is 0. The Balaban J connectivity index is 3.80. The Labute approximate surface area is 83.4 Å². The van der Waals surface area contributed by atoms with Crippen molar-refractivity contribution in [3.05, 3.63) is 12.2 Å². The highest BCUT2D eigenvalue weighted by Crippen LogP contribution is 2.28. The average Bonchev–Trinajstić information content (AvgIpc) is 1.97. The predicted molar refractivity (Wildman–Crippen MR) is 56.6 cm³/mol. The average molecular weight is 233 g/mol. The van der Waals surface area contributed by atoms with Crippen LogP contribution >= 0.6 is 15.9 Å². The second-order valence-electron chi connectivity index (χ2n) is 3.73. The van der Waals surface area contributed by atoms with Gasteiger partial charge >= 0.3 is 0 Å². The van der Waals surface area contributed by atoms with Gasteiger partial charge in [-0.05, 0) is 26.7 Å². The van der Waals surface area contributed by atoms with Gasteiger partial charge in [-0.15, -0.1) is 0 Å². The van der Waals surface area contributed by atoms with Crippen LogP contribution < -0.4 is 0 Å². The van der Waals surface area contributed by atoms with Gasteiger partial charge in [-0.3, -0.25) is 0 Å². The van der Waals surface area contributed by atoms with Gasteiger partial charge in [-0.25, -0.2) is 0 Å². The van der Waals surface area contributed by atoms with Crippen LogP contribution in [0.3, 0.4) is 0 Å². The molecule has 0 aromatic heterocycles. The lowest BCUT2D eigenvalue weighted by Crippen LogP contribution is -2.13. The molecule has 0 amide bonds. The fourth-order valence-electron chi connectivity index (χ4n) is 0.767. The Morgan fingerprint density at radius 2 is 2.17 bits per heavy atom. The number of hydrogen-bond acceptors (Lipinski definition) is 1. The summed E-state index contributed by atoms with van der Waals surface area (Å²) >= 11 is 3.53. The van der Waals surface area contributed by atoms with Crippen LogP contribution in [0.15, 0.2) is 12.2 Å². The molecule has 0 aromatic rings. The van der Waals surface area contributed by atoms with Crippen LogP contribution in [-0.4, -0.2) is 10.6 Å². The quantitative estimate of drug-likeness (QED) is 0.404. The highest BCUT2D eigenvalue weighted by atomic mass is 79.9.